The minimum absolute atomic E-state index is 0.184. The van der Waals surface area contributed by atoms with Gasteiger partial charge in [0.2, 0.25) is 5.13 Å². The lowest BCUT2D eigenvalue weighted by Crippen LogP contribution is -2.00. The molecule has 3 aromatic rings. The number of hydrogen-bond donors (Lipinski definition) is 1. The molecule has 0 unspecified atom stereocenters. The highest BCUT2D eigenvalue weighted by Crippen LogP contribution is 2.31. The number of halogens is 1. The van der Waals surface area contributed by atoms with Crippen LogP contribution in [0.1, 0.15) is 15.9 Å². The summed E-state index contributed by atoms with van der Waals surface area (Å²) < 4.78 is 0. The molecule has 0 amide bonds. The molecule has 1 N–H and O–H groups in total. The lowest BCUT2D eigenvalue weighted by atomic mass is 10.1. The van der Waals surface area contributed by atoms with Crippen LogP contribution in [0.15, 0.2) is 64.1 Å². The molecule has 24 heavy (non-hydrogen) atoms. The van der Waals surface area contributed by atoms with Crippen molar-refractivity contribution in [3.8, 4) is 11.3 Å². The van der Waals surface area contributed by atoms with Crippen LogP contribution < -0.4 is 0 Å². The van der Waals surface area contributed by atoms with Crippen LogP contribution >= 0.6 is 22.9 Å². The summed E-state index contributed by atoms with van der Waals surface area (Å²) in [6, 6.07) is 14.2. The number of aromatic carboxylic acids is 1. The minimum atomic E-state index is -0.976. The van der Waals surface area contributed by atoms with Gasteiger partial charge in [-0.3, -0.25) is 0 Å². The molecule has 0 aliphatic heterocycles. The van der Waals surface area contributed by atoms with E-state index in [0.717, 1.165) is 11.3 Å². The molecule has 0 fully saturated rings. The highest BCUT2D eigenvalue weighted by molar-refractivity contribution is 7.13. The maximum Gasteiger partial charge on any atom is 0.336 e. The molecule has 3 rings (SSSR count). The van der Waals surface area contributed by atoms with E-state index in [-0.39, 0.29) is 12.1 Å². The third kappa shape index (κ3) is 3.67. The molecule has 0 bridgehead atoms. The zero-order valence-electron chi connectivity index (χ0n) is 12.4. The highest BCUT2D eigenvalue weighted by atomic mass is 35.5. The summed E-state index contributed by atoms with van der Waals surface area (Å²) in [7, 11) is 0. The van der Waals surface area contributed by atoms with E-state index in [0.29, 0.717) is 15.7 Å². The van der Waals surface area contributed by atoms with Gasteiger partial charge in [0.05, 0.1) is 17.8 Å². The first-order valence-electron chi connectivity index (χ1n) is 7.04. The normalized spacial score (nSPS) is 11.0. The Morgan fingerprint density at radius 1 is 1.17 bits per heavy atom. The molecule has 0 radical (unpaired) electrons. The van der Waals surface area contributed by atoms with Gasteiger partial charge in [-0.25, -0.2) is 9.78 Å². The minimum Gasteiger partial charge on any atom is -0.478 e. The number of carbonyl (C=O) groups is 1. The average molecular weight is 358 g/mol. The fourth-order valence-electron chi connectivity index (χ4n) is 2.14. The molecule has 7 heteroatoms. The summed E-state index contributed by atoms with van der Waals surface area (Å²) >= 11 is 7.51. The van der Waals surface area contributed by atoms with Crippen molar-refractivity contribution in [2.75, 3.05) is 0 Å². The third-order valence-corrected chi connectivity index (χ3v) is 4.34. The predicted molar refractivity (Wildman–Crippen MR) is 94.2 cm³/mol. The summed E-state index contributed by atoms with van der Waals surface area (Å²) in [5.41, 5.74) is 2.42. The number of thiazole rings is 1. The van der Waals surface area contributed by atoms with Crippen molar-refractivity contribution >= 4 is 34.0 Å². The van der Waals surface area contributed by atoms with Crippen molar-refractivity contribution in [1.82, 2.24) is 4.98 Å². The van der Waals surface area contributed by atoms with Crippen molar-refractivity contribution in [1.29, 1.82) is 0 Å². The van der Waals surface area contributed by atoms with E-state index in [1.165, 1.54) is 11.3 Å². The number of carboxylic acids is 1. The molecule has 1 heterocycles. The van der Waals surface area contributed by atoms with E-state index in [4.69, 9.17) is 16.7 Å². The number of aromatic nitrogens is 1. The molecule has 0 spiro atoms. The van der Waals surface area contributed by atoms with Crippen molar-refractivity contribution in [3.05, 3.63) is 70.1 Å². The van der Waals surface area contributed by atoms with Gasteiger partial charge in [0.1, 0.15) is 0 Å². The van der Waals surface area contributed by atoms with E-state index >= 15 is 0 Å². The Balaban J connectivity index is 1.75. The van der Waals surface area contributed by atoms with Gasteiger partial charge in [-0.2, -0.15) is 5.11 Å². The first-order valence-corrected chi connectivity index (χ1v) is 8.30. The Hall–Kier alpha value is -2.57. The number of benzene rings is 2. The van der Waals surface area contributed by atoms with Crippen LogP contribution in [-0.4, -0.2) is 16.1 Å². The molecule has 0 aliphatic carbocycles. The number of carboxylic acid groups (broad SMARTS) is 1. The quantitative estimate of drug-likeness (QED) is 0.617. The Kier molecular flexibility index (Phi) is 4.98. The Bertz CT molecular complexity index is 908. The fraction of sp³-hybridized carbons (Fsp3) is 0.0588. The monoisotopic (exact) mass is 357 g/mol. The second-order valence-corrected chi connectivity index (χ2v) is 6.10. The number of azo groups is 1. The van der Waals surface area contributed by atoms with Gasteiger partial charge < -0.3 is 5.11 Å². The van der Waals surface area contributed by atoms with Gasteiger partial charge in [-0.1, -0.05) is 48.0 Å². The molecule has 0 atom stereocenters. The van der Waals surface area contributed by atoms with Crippen molar-refractivity contribution in [2.24, 2.45) is 10.2 Å². The van der Waals surface area contributed by atoms with Crippen molar-refractivity contribution in [2.45, 2.75) is 6.54 Å². The molecular weight excluding hydrogens is 346 g/mol. The van der Waals surface area contributed by atoms with Crippen LogP contribution in [0.2, 0.25) is 5.02 Å². The van der Waals surface area contributed by atoms with Gasteiger partial charge in [-0.05, 0) is 17.7 Å². The molecular formula is C17H12ClN3O2S. The summed E-state index contributed by atoms with van der Waals surface area (Å²) in [4.78, 5) is 15.5. The zero-order chi connectivity index (χ0) is 16.9. The third-order valence-electron chi connectivity index (χ3n) is 3.29. The molecule has 0 aliphatic rings. The first kappa shape index (κ1) is 16.3. The Morgan fingerprint density at radius 3 is 2.71 bits per heavy atom. The fourth-order valence-corrected chi connectivity index (χ4v) is 3.03. The Morgan fingerprint density at radius 2 is 1.92 bits per heavy atom. The largest absolute Gasteiger partial charge is 0.478 e. The SMILES string of the molecule is O=C(O)c1ccccc1CN=Nc1nc(-c2ccccc2Cl)cs1. The number of rotatable bonds is 5. The van der Waals surface area contributed by atoms with E-state index in [1.807, 2.05) is 23.6 Å². The maximum absolute atomic E-state index is 11.2. The van der Waals surface area contributed by atoms with Crippen LogP contribution in [0, 0.1) is 0 Å². The van der Waals surface area contributed by atoms with Crippen LogP contribution in [0.4, 0.5) is 5.13 Å². The molecule has 0 saturated carbocycles. The molecule has 2 aromatic carbocycles. The van der Waals surface area contributed by atoms with Gasteiger partial charge in [0.15, 0.2) is 0 Å². The van der Waals surface area contributed by atoms with E-state index in [1.54, 1.807) is 30.3 Å². The predicted octanol–water partition coefficient (Wildman–Crippen LogP) is 5.45. The average Bonchev–Trinajstić information content (AvgIpc) is 3.04. The lowest BCUT2D eigenvalue weighted by Gasteiger charge is -2.00. The summed E-state index contributed by atoms with van der Waals surface area (Å²) in [6.45, 7) is 0.184. The molecule has 0 saturated heterocycles. The topological polar surface area (TPSA) is 74.9 Å². The second kappa shape index (κ2) is 7.33. The number of hydrogen-bond acceptors (Lipinski definition) is 5. The van der Waals surface area contributed by atoms with Crippen molar-refractivity contribution in [3.63, 3.8) is 0 Å². The second-order valence-electron chi connectivity index (χ2n) is 4.86. The summed E-state index contributed by atoms with van der Waals surface area (Å²) in [5.74, 6) is -0.976. The Labute approximate surface area is 147 Å². The molecule has 120 valence electrons. The molecule has 5 nitrogen and oxygen atoms in total. The van der Waals surface area contributed by atoms with Gasteiger partial charge in [0.25, 0.3) is 0 Å². The van der Waals surface area contributed by atoms with Crippen LogP contribution in [0.3, 0.4) is 0 Å². The van der Waals surface area contributed by atoms with Crippen LogP contribution in [0.25, 0.3) is 11.3 Å². The summed E-state index contributed by atoms with van der Waals surface area (Å²) in [5, 5.41) is 20.3. The highest BCUT2D eigenvalue weighted by Gasteiger charge is 2.09. The van der Waals surface area contributed by atoms with Gasteiger partial charge in [-0.15, -0.1) is 16.5 Å². The lowest BCUT2D eigenvalue weighted by molar-refractivity contribution is 0.0695. The standard InChI is InChI=1S/C17H12ClN3O2S/c18-14-8-4-3-7-13(14)15-10-24-17(20-15)21-19-9-11-5-1-2-6-12(11)16(22)23/h1-8,10H,9H2,(H,22,23). The van der Waals surface area contributed by atoms with Crippen LogP contribution in [-0.2, 0) is 6.54 Å². The number of nitrogens with zero attached hydrogens (tertiary/aromatic N) is 3. The smallest absolute Gasteiger partial charge is 0.336 e. The van der Waals surface area contributed by atoms with E-state index < -0.39 is 5.97 Å². The first-order chi connectivity index (χ1) is 11.6. The zero-order valence-corrected chi connectivity index (χ0v) is 14.0. The van der Waals surface area contributed by atoms with E-state index in [9.17, 15) is 4.79 Å². The van der Waals surface area contributed by atoms with Crippen LogP contribution in [0.5, 0.6) is 0 Å². The van der Waals surface area contributed by atoms with Gasteiger partial charge >= 0.3 is 5.97 Å². The van der Waals surface area contributed by atoms with Gasteiger partial charge in [0, 0.05) is 16.0 Å². The van der Waals surface area contributed by atoms with Crippen molar-refractivity contribution < 1.29 is 9.90 Å². The summed E-state index contributed by atoms with van der Waals surface area (Å²) in [6.07, 6.45) is 0. The molecule has 1 aromatic heterocycles. The maximum atomic E-state index is 11.2. The van der Waals surface area contributed by atoms with E-state index in [2.05, 4.69) is 15.2 Å².